The van der Waals surface area contributed by atoms with Gasteiger partial charge in [-0.2, -0.15) is 5.10 Å². The van der Waals surface area contributed by atoms with Crippen LogP contribution in [0.2, 0.25) is 0 Å². The summed E-state index contributed by atoms with van der Waals surface area (Å²) < 4.78 is 11.4. The SMILES string of the molecule is CCC(C)Oc1ccc(C(C)(C)C)cc1NC(=O)/C(=N/N)C(C)=Nc1ccccc1OC. The Labute approximate surface area is 190 Å². The van der Waals surface area contributed by atoms with Crippen LogP contribution in [-0.4, -0.2) is 30.5 Å². The number of nitrogens with one attached hydrogen (secondary N) is 1. The van der Waals surface area contributed by atoms with Gasteiger partial charge in [0.25, 0.3) is 5.91 Å². The number of hydrazone groups is 1. The number of aliphatic imine (C=N–C) groups is 1. The quantitative estimate of drug-likeness (QED) is 0.335. The van der Waals surface area contributed by atoms with Gasteiger partial charge in [-0.15, -0.1) is 0 Å². The molecule has 1 amide bonds. The van der Waals surface area contributed by atoms with E-state index in [1.807, 2.05) is 44.2 Å². The third kappa shape index (κ3) is 6.33. The first-order valence-corrected chi connectivity index (χ1v) is 10.7. The van der Waals surface area contributed by atoms with Gasteiger partial charge in [0.15, 0.2) is 5.71 Å². The second-order valence-electron chi connectivity index (χ2n) is 8.60. The van der Waals surface area contributed by atoms with Gasteiger partial charge in [-0.1, -0.05) is 45.9 Å². The number of ether oxygens (including phenoxy) is 2. The molecule has 0 aliphatic carbocycles. The minimum absolute atomic E-state index is 0.00243. The van der Waals surface area contributed by atoms with Crippen molar-refractivity contribution in [2.24, 2.45) is 15.9 Å². The molecule has 2 rings (SSSR count). The highest BCUT2D eigenvalue weighted by Crippen LogP contribution is 2.33. The van der Waals surface area contributed by atoms with E-state index in [1.165, 1.54) is 0 Å². The van der Waals surface area contributed by atoms with E-state index in [0.29, 0.717) is 28.6 Å². The van der Waals surface area contributed by atoms with Crippen LogP contribution in [0.4, 0.5) is 11.4 Å². The molecule has 0 saturated heterocycles. The van der Waals surface area contributed by atoms with E-state index in [1.54, 1.807) is 26.2 Å². The highest BCUT2D eigenvalue weighted by molar-refractivity contribution is 6.68. The van der Waals surface area contributed by atoms with E-state index in [9.17, 15) is 4.79 Å². The largest absolute Gasteiger partial charge is 0.494 e. The van der Waals surface area contributed by atoms with Crippen LogP contribution in [0.15, 0.2) is 52.6 Å². The van der Waals surface area contributed by atoms with Crippen LogP contribution in [0.1, 0.15) is 53.5 Å². The number of nitrogens with zero attached hydrogens (tertiary/aromatic N) is 2. The molecule has 0 spiro atoms. The summed E-state index contributed by atoms with van der Waals surface area (Å²) in [6.45, 7) is 12.0. The number of rotatable bonds is 8. The molecule has 2 aromatic carbocycles. The molecular weight excluding hydrogens is 404 g/mol. The molecule has 0 aliphatic heterocycles. The van der Waals surface area contributed by atoms with Gasteiger partial charge in [-0.05, 0) is 55.5 Å². The standard InChI is InChI=1S/C25H34N4O3/c1-8-16(2)32-22-14-13-18(25(4,5)6)15-20(22)28-24(30)23(29-26)17(3)27-19-11-9-10-12-21(19)31-7/h9-16H,8,26H2,1-7H3,(H,28,30)/b27-17?,29-23+. The molecule has 0 aromatic heterocycles. The molecule has 1 unspecified atom stereocenters. The van der Waals surface area contributed by atoms with Crippen LogP contribution in [-0.2, 0) is 10.2 Å². The van der Waals surface area contributed by atoms with Gasteiger partial charge in [0.2, 0.25) is 0 Å². The molecule has 32 heavy (non-hydrogen) atoms. The van der Waals surface area contributed by atoms with E-state index in [-0.39, 0.29) is 17.2 Å². The maximum absolute atomic E-state index is 13.1. The fraction of sp³-hybridized carbons (Fsp3) is 0.400. The summed E-state index contributed by atoms with van der Waals surface area (Å²) in [5.74, 6) is 6.29. The van der Waals surface area contributed by atoms with Crippen LogP contribution in [0.5, 0.6) is 11.5 Å². The second-order valence-corrected chi connectivity index (χ2v) is 8.60. The van der Waals surface area contributed by atoms with Crippen molar-refractivity contribution < 1.29 is 14.3 Å². The van der Waals surface area contributed by atoms with Gasteiger partial charge >= 0.3 is 0 Å². The molecular formula is C25H34N4O3. The topological polar surface area (TPSA) is 98.3 Å². The number of carbonyl (C=O) groups excluding carboxylic acids is 1. The maximum Gasteiger partial charge on any atom is 0.278 e. The number of nitrogens with two attached hydrogens (primary N) is 1. The van der Waals surface area contributed by atoms with Crippen molar-refractivity contribution in [3.05, 3.63) is 48.0 Å². The zero-order valence-corrected chi connectivity index (χ0v) is 20.0. The zero-order chi connectivity index (χ0) is 23.9. The molecule has 0 radical (unpaired) electrons. The summed E-state index contributed by atoms with van der Waals surface area (Å²) in [4.78, 5) is 17.6. The average molecular weight is 439 g/mol. The molecule has 2 aromatic rings. The monoisotopic (exact) mass is 438 g/mol. The fourth-order valence-corrected chi connectivity index (χ4v) is 2.95. The Balaban J connectivity index is 2.39. The molecule has 3 N–H and O–H groups in total. The van der Waals surface area contributed by atoms with Gasteiger partial charge < -0.3 is 20.6 Å². The third-order valence-electron chi connectivity index (χ3n) is 5.06. The van der Waals surface area contributed by atoms with Crippen molar-refractivity contribution in [2.75, 3.05) is 12.4 Å². The molecule has 0 heterocycles. The van der Waals surface area contributed by atoms with E-state index in [4.69, 9.17) is 15.3 Å². The lowest BCUT2D eigenvalue weighted by Crippen LogP contribution is -2.30. The molecule has 1 atom stereocenters. The Hall–Kier alpha value is -3.35. The van der Waals surface area contributed by atoms with Gasteiger partial charge in [0.05, 0.1) is 24.6 Å². The zero-order valence-electron chi connectivity index (χ0n) is 20.0. The van der Waals surface area contributed by atoms with Crippen molar-refractivity contribution in [3.63, 3.8) is 0 Å². The summed E-state index contributed by atoms with van der Waals surface area (Å²) in [5, 5.41) is 6.62. The first-order valence-electron chi connectivity index (χ1n) is 10.7. The predicted molar refractivity (Wildman–Crippen MR) is 132 cm³/mol. The van der Waals surface area contributed by atoms with Crippen LogP contribution >= 0.6 is 0 Å². The number of methoxy groups -OCH3 is 1. The number of anilines is 1. The molecule has 0 fully saturated rings. The van der Waals surface area contributed by atoms with Gasteiger partial charge in [0.1, 0.15) is 17.2 Å². The predicted octanol–water partition coefficient (Wildman–Crippen LogP) is 5.22. The van der Waals surface area contributed by atoms with Gasteiger partial charge in [-0.3, -0.25) is 4.79 Å². The van der Waals surface area contributed by atoms with Crippen molar-refractivity contribution in [1.29, 1.82) is 0 Å². The first-order chi connectivity index (χ1) is 15.1. The minimum Gasteiger partial charge on any atom is -0.494 e. The Morgan fingerprint density at radius 3 is 2.44 bits per heavy atom. The first kappa shape index (κ1) is 24.9. The minimum atomic E-state index is -0.469. The van der Waals surface area contributed by atoms with E-state index in [0.717, 1.165) is 12.0 Å². The molecule has 7 heteroatoms. The van der Waals surface area contributed by atoms with E-state index in [2.05, 4.69) is 36.2 Å². The van der Waals surface area contributed by atoms with Crippen LogP contribution in [0, 0.1) is 0 Å². The van der Waals surface area contributed by atoms with E-state index >= 15 is 0 Å². The number of benzene rings is 2. The number of para-hydroxylation sites is 2. The third-order valence-corrected chi connectivity index (χ3v) is 5.06. The highest BCUT2D eigenvalue weighted by Gasteiger charge is 2.21. The summed E-state index contributed by atoms with van der Waals surface area (Å²) in [6.07, 6.45) is 0.844. The highest BCUT2D eigenvalue weighted by atomic mass is 16.5. The van der Waals surface area contributed by atoms with Crippen molar-refractivity contribution in [1.82, 2.24) is 0 Å². The summed E-state index contributed by atoms with van der Waals surface area (Å²) in [6, 6.07) is 13.1. The molecule has 0 saturated carbocycles. The van der Waals surface area contributed by atoms with E-state index < -0.39 is 5.91 Å². The number of carbonyl (C=O) groups is 1. The lowest BCUT2D eigenvalue weighted by molar-refractivity contribution is -0.110. The number of hydrogen-bond donors (Lipinski definition) is 2. The van der Waals surface area contributed by atoms with Crippen LogP contribution in [0.25, 0.3) is 0 Å². The lowest BCUT2D eigenvalue weighted by atomic mass is 9.87. The van der Waals surface area contributed by atoms with Crippen molar-refractivity contribution in [3.8, 4) is 11.5 Å². The van der Waals surface area contributed by atoms with Crippen molar-refractivity contribution >= 4 is 28.7 Å². The maximum atomic E-state index is 13.1. The normalized spacial score (nSPS) is 13.5. The summed E-state index contributed by atoms with van der Waals surface area (Å²) in [7, 11) is 1.56. The number of hydrogen-bond acceptors (Lipinski definition) is 6. The fourth-order valence-electron chi connectivity index (χ4n) is 2.95. The Morgan fingerprint density at radius 1 is 1.16 bits per heavy atom. The average Bonchev–Trinajstić information content (AvgIpc) is 2.74. The second kappa shape index (κ2) is 10.8. The molecule has 0 bridgehead atoms. The number of amides is 1. The Kier molecular flexibility index (Phi) is 8.41. The lowest BCUT2D eigenvalue weighted by Gasteiger charge is -2.23. The molecule has 7 nitrogen and oxygen atoms in total. The Morgan fingerprint density at radius 2 is 1.84 bits per heavy atom. The van der Waals surface area contributed by atoms with Crippen LogP contribution in [0.3, 0.4) is 0 Å². The van der Waals surface area contributed by atoms with Crippen LogP contribution < -0.4 is 20.6 Å². The summed E-state index contributed by atoms with van der Waals surface area (Å²) in [5.41, 5.74) is 2.50. The smallest absolute Gasteiger partial charge is 0.278 e. The van der Waals surface area contributed by atoms with Gasteiger partial charge in [0, 0.05) is 0 Å². The van der Waals surface area contributed by atoms with Gasteiger partial charge in [-0.25, -0.2) is 4.99 Å². The Bertz CT molecular complexity index is 1010. The summed E-state index contributed by atoms with van der Waals surface area (Å²) >= 11 is 0. The van der Waals surface area contributed by atoms with Crippen molar-refractivity contribution in [2.45, 2.75) is 59.5 Å². The molecule has 172 valence electrons. The molecule has 0 aliphatic rings.